The average Bonchev–Trinajstić information content (AvgIpc) is 2.96. The molecule has 0 aliphatic carbocycles. The quantitative estimate of drug-likeness (QED) is 0.676. The molecule has 84 valence electrons. The summed E-state index contributed by atoms with van der Waals surface area (Å²) in [4.78, 5) is 11.5. The molecule has 0 aliphatic rings. The molecule has 0 aromatic carbocycles. The van der Waals surface area contributed by atoms with Crippen LogP contribution in [0.4, 0.5) is 0 Å². The number of carbonyl (C=O) groups excluding carboxylic acids is 1. The number of hydrogen-bond acceptors (Lipinski definition) is 4. The minimum atomic E-state index is -0.263. The van der Waals surface area contributed by atoms with Gasteiger partial charge in [-0.3, -0.25) is 9.89 Å². The first-order valence-corrected chi connectivity index (χ1v) is 4.96. The zero-order chi connectivity index (χ0) is 11.4. The third-order valence-electron chi connectivity index (χ3n) is 2.13. The highest BCUT2D eigenvalue weighted by atomic mass is 16.1. The Morgan fingerprint density at radius 1 is 1.50 bits per heavy atom. The van der Waals surface area contributed by atoms with Gasteiger partial charge in [-0.25, -0.2) is 0 Å². The fraction of sp³-hybridized carbons (Fsp3) is 0.333. The SMILES string of the molecule is CCc1cc(CNC(=O)c2cn[nH]n2)[nH]n1. The maximum absolute atomic E-state index is 11.5. The van der Waals surface area contributed by atoms with Gasteiger partial charge >= 0.3 is 0 Å². The molecular weight excluding hydrogens is 208 g/mol. The first-order valence-electron chi connectivity index (χ1n) is 4.96. The van der Waals surface area contributed by atoms with E-state index in [1.54, 1.807) is 0 Å². The van der Waals surface area contributed by atoms with Gasteiger partial charge in [0.1, 0.15) is 0 Å². The number of nitrogens with zero attached hydrogens (tertiary/aromatic N) is 3. The van der Waals surface area contributed by atoms with Crippen LogP contribution in [-0.4, -0.2) is 31.5 Å². The van der Waals surface area contributed by atoms with Crippen molar-refractivity contribution in [2.24, 2.45) is 0 Å². The molecule has 0 spiro atoms. The molecule has 2 rings (SSSR count). The van der Waals surface area contributed by atoms with Gasteiger partial charge in [-0.15, -0.1) is 0 Å². The van der Waals surface area contributed by atoms with Crippen molar-refractivity contribution < 1.29 is 4.79 Å². The lowest BCUT2D eigenvalue weighted by atomic mass is 10.3. The van der Waals surface area contributed by atoms with Gasteiger partial charge in [-0.1, -0.05) is 6.92 Å². The van der Waals surface area contributed by atoms with Crippen LogP contribution >= 0.6 is 0 Å². The van der Waals surface area contributed by atoms with Gasteiger partial charge in [0.2, 0.25) is 0 Å². The summed E-state index contributed by atoms with van der Waals surface area (Å²) in [7, 11) is 0. The second-order valence-corrected chi connectivity index (χ2v) is 3.28. The van der Waals surface area contributed by atoms with Gasteiger partial charge in [-0.2, -0.15) is 20.5 Å². The fourth-order valence-electron chi connectivity index (χ4n) is 1.26. The Labute approximate surface area is 91.6 Å². The number of H-pyrrole nitrogens is 2. The summed E-state index contributed by atoms with van der Waals surface area (Å²) in [6, 6.07) is 1.92. The Bertz CT molecular complexity index is 460. The van der Waals surface area contributed by atoms with E-state index in [0.29, 0.717) is 6.54 Å². The van der Waals surface area contributed by atoms with Gasteiger partial charge in [0.15, 0.2) is 5.69 Å². The number of aromatic nitrogens is 5. The van der Waals surface area contributed by atoms with Crippen LogP contribution in [-0.2, 0) is 13.0 Å². The van der Waals surface area contributed by atoms with Crippen LogP contribution in [0.25, 0.3) is 0 Å². The number of carbonyl (C=O) groups is 1. The van der Waals surface area contributed by atoms with Gasteiger partial charge in [0.25, 0.3) is 5.91 Å². The summed E-state index contributed by atoms with van der Waals surface area (Å²) in [5, 5.41) is 19.2. The largest absolute Gasteiger partial charge is 0.345 e. The molecule has 2 heterocycles. The fourth-order valence-corrected chi connectivity index (χ4v) is 1.26. The normalized spacial score (nSPS) is 10.3. The van der Waals surface area contributed by atoms with Crippen molar-refractivity contribution in [3.8, 4) is 0 Å². The number of amides is 1. The van der Waals surface area contributed by atoms with Crippen molar-refractivity contribution in [1.82, 2.24) is 30.9 Å². The summed E-state index contributed by atoms with van der Waals surface area (Å²) in [5.41, 5.74) is 2.12. The minimum Gasteiger partial charge on any atom is -0.345 e. The second kappa shape index (κ2) is 4.56. The smallest absolute Gasteiger partial charge is 0.273 e. The van der Waals surface area contributed by atoms with Gasteiger partial charge < -0.3 is 5.32 Å². The first kappa shape index (κ1) is 10.3. The molecule has 0 unspecified atom stereocenters. The van der Waals surface area contributed by atoms with E-state index in [9.17, 15) is 4.79 Å². The van der Waals surface area contributed by atoms with Crippen LogP contribution in [0.15, 0.2) is 12.3 Å². The molecule has 16 heavy (non-hydrogen) atoms. The van der Waals surface area contributed by atoms with Crippen LogP contribution < -0.4 is 5.32 Å². The van der Waals surface area contributed by atoms with Crippen molar-refractivity contribution in [2.75, 3.05) is 0 Å². The summed E-state index contributed by atoms with van der Waals surface area (Å²) in [6.45, 7) is 2.42. The van der Waals surface area contributed by atoms with Crippen LogP contribution in [0, 0.1) is 0 Å². The molecule has 1 amide bonds. The van der Waals surface area contributed by atoms with E-state index in [1.165, 1.54) is 6.20 Å². The maximum Gasteiger partial charge on any atom is 0.273 e. The molecular formula is C9H12N6O. The third-order valence-corrected chi connectivity index (χ3v) is 2.13. The number of rotatable bonds is 4. The van der Waals surface area contributed by atoms with Crippen molar-refractivity contribution in [1.29, 1.82) is 0 Å². The van der Waals surface area contributed by atoms with Crippen molar-refractivity contribution in [2.45, 2.75) is 19.9 Å². The molecule has 0 saturated carbocycles. The molecule has 0 saturated heterocycles. The predicted octanol–water partition coefficient (Wildman–Crippen LogP) is 0.0202. The molecule has 2 aromatic heterocycles. The lowest BCUT2D eigenvalue weighted by molar-refractivity contribution is 0.0945. The van der Waals surface area contributed by atoms with Crippen LogP contribution in [0.3, 0.4) is 0 Å². The highest BCUT2D eigenvalue weighted by Gasteiger charge is 2.08. The molecule has 7 nitrogen and oxygen atoms in total. The standard InChI is InChI=1S/C9H12N6O/c1-2-6-3-7(13-12-6)4-10-9(16)8-5-11-15-14-8/h3,5H,2,4H2,1H3,(H,10,16)(H,12,13)(H,11,14,15). The number of nitrogens with one attached hydrogen (secondary N) is 3. The monoisotopic (exact) mass is 220 g/mol. The van der Waals surface area contributed by atoms with Gasteiger partial charge in [-0.05, 0) is 12.5 Å². The summed E-state index contributed by atoms with van der Waals surface area (Å²) in [5.74, 6) is -0.263. The number of aryl methyl sites for hydroxylation is 1. The predicted molar refractivity (Wildman–Crippen MR) is 55.5 cm³/mol. The lowest BCUT2D eigenvalue weighted by Crippen LogP contribution is -2.23. The number of hydrogen-bond donors (Lipinski definition) is 3. The van der Waals surface area contributed by atoms with E-state index in [0.717, 1.165) is 17.8 Å². The topological polar surface area (TPSA) is 99.4 Å². The van der Waals surface area contributed by atoms with Crippen LogP contribution in [0.1, 0.15) is 28.8 Å². The molecule has 0 aliphatic heterocycles. The first-order chi connectivity index (χ1) is 7.79. The van der Waals surface area contributed by atoms with Crippen molar-refractivity contribution >= 4 is 5.91 Å². The second-order valence-electron chi connectivity index (χ2n) is 3.28. The van der Waals surface area contributed by atoms with E-state index in [4.69, 9.17) is 0 Å². The van der Waals surface area contributed by atoms with Gasteiger partial charge in [0.05, 0.1) is 24.1 Å². The summed E-state index contributed by atoms with van der Waals surface area (Å²) >= 11 is 0. The molecule has 0 radical (unpaired) electrons. The van der Waals surface area contributed by atoms with E-state index in [-0.39, 0.29) is 11.6 Å². The molecule has 0 atom stereocenters. The van der Waals surface area contributed by atoms with Crippen molar-refractivity contribution in [3.05, 3.63) is 29.3 Å². The molecule has 7 heteroatoms. The summed E-state index contributed by atoms with van der Waals surface area (Å²) in [6.07, 6.45) is 2.24. The Hall–Kier alpha value is -2.18. The Balaban J connectivity index is 1.90. The van der Waals surface area contributed by atoms with E-state index in [1.807, 2.05) is 13.0 Å². The zero-order valence-corrected chi connectivity index (χ0v) is 8.82. The maximum atomic E-state index is 11.5. The third kappa shape index (κ3) is 2.25. The van der Waals surface area contributed by atoms with E-state index >= 15 is 0 Å². The highest BCUT2D eigenvalue weighted by molar-refractivity contribution is 5.91. The molecule has 0 bridgehead atoms. The molecule has 2 aromatic rings. The van der Waals surface area contributed by atoms with Crippen molar-refractivity contribution in [3.63, 3.8) is 0 Å². The van der Waals surface area contributed by atoms with E-state index < -0.39 is 0 Å². The van der Waals surface area contributed by atoms with Crippen LogP contribution in [0.5, 0.6) is 0 Å². The summed E-state index contributed by atoms with van der Waals surface area (Å²) < 4.78 is 0. The Morgan fingerprint density at radius 3 is 3.00 bits per heavy atom. The average molecular weight is 220 g/mol. The molecule has 0 fully saturated rings. The van der Waals surface area contributed by atoms with E-state index in [2.05, 4.69) is 30.9 Å². The molecule has 3 N–H and O–H groups in total. The zero-order valence-electron chi connectivity index (χ0n) is 8.82. The minimum absolute atomic E-state index is 0.263. The highest BCUT2D eigenvalue weighted by Crippen LogP contribution is 2.00. The number of aromatic amines is 2. The lowest BCUT2D eigenvalue weighted by Gasteiger charge is -1.99. The van der Waals surface area contributed by atoms with Crippen LogP contribution in [0.2, 0.25) is 0 Å². The Morgan fingerprint density at radius 2 is 2.38 bits per heavy atom. The Kier molecular flexibility index (Phi) is 2.95. The van der Waals surface area contributed by atoms with Gasteiger partial charge in [0, 0.05) is 0 Å².